The fourth-order valence-electron chi connectivity index (χ4n) is 1.60. The Labute approximate surface area is 97.9 Å². The summed E-state index contributed by atoms with van der Waals surface area (Å²) in [6.45, 7) is 3.98. The molecule has 1 aromatic carbocycles. The molecule has 0 fully saturated rings. The van der Waals surface area contributed by atoms with Crippen LogP contribution in [0.25, 0.3) is 10.9 Å². The lowest BCUT2D eigenvalue weighted by atomic mass is 10.1. The van der Waals surface area contributed by atoms with E-state index in [2.05, 4.69) is 15.3 Å². The highest BCUT2D eigenvalue weighted by molar-refractivity contribution is 5.89. The number of aromatic nitrogens is 2. The highest BCUT2D eigenvalue weighted by Gasteiger charge is 2.10. The van der Waals surface area contributed by atoms with Crippen LogP contribution in [0.2, 0.25) is 0 Å². The minimum atomic E-state index is -2.48. The van der Waals surface area contributed by atoms with E-state index in [9.17, 15) is 8.78 Å². The normalized spacial score (nSPS) is 11.4. The molecule has 0 bridgehead atoms. The Balaban J connectivity index is 2.51. The predicted molar refractivity (Wildman–Crippen MR) is 63.3 cm³/mol. The molecule has 0 aliphatic carbocycles. The molecule has 0 unspecified atom stereocenters. The number of fused-ring (bicyclic) bond motifs is 1. The van der Waals surface area contributed by atoms with Crippen LogP contribution in [0.4, 0.5) is 14.6 Å². The van der Waals surface area contributed by atoms with Gasteiger partial charge in [-0.2, -0.15) is 0 Å². The van der Waals surface area contributed by atoms with Gasteiger partial charge >= 0.3 is 0 Å². The zero-order valence-corrected chi connectivity index (χ0v) is 9.61. The maximum Gasteiger partial charge on any atom is 0.263 e. The van der Waals surface area contributed by atoms with E-state index in [0.29, 0.717) is 11.3 Å². The predicted octanol–water partition coefficient (Wildman–Crippen LogP) is 3.39. The molecule has 0 aliphatic heterocycles. The molecular formula is C12H13F2N3. The summed E-state index contributed by atoms with van der Waals surface area (Å²) in [5, 5.41) is 3.91. The van der Waals surface area contributed by atoms with Gasteiger partial charge in [0, 0.05) is 17.0 Å². The zero-order valence-electron chi connectivity index (χ0n) is 9.61. The second-order valence-electron chi connectivity index (χ2n) is 4.10. The van der Waals surface area contributed by atoms with Crippen molar-refractivity contribution in [3.63, 3.8) is 0 Å². The van der Waals surface area contributed by atoms with Crippen molar-refractivity contribution in [2.75, 3.05) is 5.32 Å². The van der Waals surface area contributed by atoms with Gasteiger partial charge < -0.3 is 5.32 Å². The third-order valence-corrected chi connectivity index (χ3v) is 2.34. The number of halogens is 2. The van der Waals surface area contributed by atoms with E-state index in [0.717, 1.165) is 5.39 Å². The van der Waals surface area contributed by atoms with E-state index in [4.69, 9.17) is 0 Å². The number of alkyl halides is 2. The van der Waals surface area contributed by atoms with Gasteiger partial charge in [-0.05, 0) is 26.0 Å². The van der Waals surface area contributed by atoms with Crippen molar-refractivity contribution >= 4 is 16.7 Å². The molecule has 0 amide bonds. The van der Waals surface area contributed by atoms with Gasteiger partial charge in [0.1, 0.15) is 12.1 Å². The number of nitrogens with zero attached hydrogens (tertiary/aromatic N) is 2. The lowest BCUT2D eigenvalue weighted by Crippen LogP contribution is -2.11. The van der Waals surface area contributed by atoms with Crippen molar-refractivity contribution in [3.8, 4) is 0 Å². The SMILES string of the molecule is CC(C)Nc1ncnc2cc(C(F)F)ccc12. The summed E-state index contributed by atoms with van der Waals surface area (Å²) in [6, 6.07) is 4.65. The molecule has 3 nitrogen and oxygen atoms in total. The molecule has 1 aromatic heterocycles. The minimum Gasteiger partial charge on any atom is -0.367 e. The Bertz CT molecular complexity index is 526. The number of nitrogens with one attached hydrogen (secondary N) is 1. The minimum absolute atomic E-state index is 0.0216. The molecule has 0 saturated heterocycles. The van der Waals surface area contributed by atoms with E-state index in [1.54, 1.807) is 6.07 Å². The van der Waals surface area contributed by atoms with Gasteiger partial charge in [0.25, 0.3) is 6.43 Å². The summed E-state index contributed by atoms with van der Waals surface area (Å²) in [6.07, 6.45) is -1.10. The molecule has 0 atom stereocenters. The molecule has 90 valence electrons. The second-order valence-corrected chi connectivity index (χ2v) is 4.10. The first-order valence-electron chi connectivity index (χ1n) is 5.37. The number of benzene rings is 1. The number of rotatable bonds is 3. The monoisotopic (exact) mass is 237 g/mol. The number of hydrogen-bond acceptors (Lipinski definition) is 3. The van der Waals surface area contributed by atoms with Crippen molar-refractivity contribution in [2.45, 2.75) is 26.3 Å². The number of anilines is 1. The lowest BCUT2D eigenvalue weighted by Gasteiger charge is -2.11. The van der Waals surface area contributed by atoms with Crippen LogP contribution >= 0.6 is 0 Å². The lowest BCUT2D eigenvalue weighted by molar-refractivity contribution is 0.151. The van der Waals surface area contributed by atoms with Crippen LogP contribution in [0.5, 0.6) is 0 Å². The van der Waals surface area contributed by atoms with Gasteiger partial charge in [-0.3, -0.25) is 0 Å². The van der Waals surface area contributed by atoms with E-state index < -0.39 is 6.43 Å². The average molecular weight is 237 g/mol. The molecule has 1 N–H and O–H groups in total. The first kappa shape index (κ1) is 11.7. The Kier molecular flexibility index (Phi) is 3.17. The quantitative estimate of drug-likeness (QED) is 0.889. The van der Waals surface area contributed by atoms with Gasteiger partial charge in [0.15, 0.2) is 0 Å². The molecule has 2 rings (SSSR count). The van der Waals surface area contributed by atoms with Crippen molar-refractivity contribution in [2.24, 2.45) is 0 Å². The summed E-state index contributed by atoms with van der Waals surface area (Å²) in [4.78, 5) is 8.12. The van der Waals surface area contributed by atoms with Crippen LogP contribution in [-0.2, 0) is 0 Å². The molecule has 1 heterocycles. The van der Waals surface area contributed by atoms with Gasteiger partial charge in [0.05, 0.1) is 5.52 Å². The first-order valence-corrected chi connectivity index (χ1v) is 5.37. The van der Waals surface area contributed by atoms with Crippen LogP contribution in [0.1, 0.15) is 25.8 Å². The van der Waals surface area contributed by atoms with E-state index >= 15 is 0 Å². The Hall–Kier alpha value is -1.78. The smallest absolute Gasteiger partial charge is 0.263 e. The van der Waals surface area contributed by atoms with Crippen molar-refractivity contribution in [3.05, 3.63) is 30.1 Å². The van der Waals surface area contributed by atoms with Gasteiger partial charge in [-0.25, -0.2) is 18.7 Å². The Morgan fingerprint density at radius 1 is 1.18 bits per heavy atom. The molecule has 2 aromatic rings. The summed E-state index contributed by atoms with van der Waals surface area (Å²) >= 11 is 0. The third kappa shape index (κ3) is 2.49. The van der Waals surface area contributed by atoms with Gasteiger partial charge in [-0.1, -0.05) is 6.07 Å². The Morgan fingerprint density at radius 3 is 2.59 bits per heavy atom. The van der Waals surface area contributed by atoms with E-state index in [-0.39, 0.29) is 11.6 Å². The molecule has 17 heavy (non-hydrogen) atoms. The van der Waals surface area contributed by atoms with Crippen molar-refractivity contribution in [1.82, 2.24) is 9.97 Å². The van der Waals surface area contributed by atoms with Crippen molar-refractivity contribution in [1.29, 1.82) is 0 Å². The molecular weight excluding hydrogens is 224 g/mol. The molecule has 5 heteroatoms. The summed E-state index contributed by atoms with van der Waals surface area (Å²) in [5.74, 6) is 0.672. The Morgan fingerprint density at radius 2 is 1.94 bits per heavy atom. The van der Waals surface area contributed by atoms with Crippen LogP contribution in [-0.4, -0.2) is 16.0 Å². The van der Waals surface area contributed by atoms with Gasteiger partial charge in [-0.15, -0.1) is 0 Å². The molecule has 0 saturated carbocycles. The topological polar surface area (TPSA) is 37.8 Å². The highest BCUT2D eigenvalue weighted by atomic mass is 19.3. The summed E-state index contributed by atoms with van der Waals surface area (Å²) < 4.78 is 25.1. The highest BCUT2D eigenvalue weighted by Crippen LogP contribution is 2.25. The second kappa shape index (κ2) is 4.61. The van der Waals surface area contributed by atoms with E-state index in [1.807, 2.05) is 13.8 Å². The standard InChI is InChI=1S/C12H13F2N3/c1-7(2)17-12-9-4-3-8(11(13)14)5-10(9)15-6-16-12/h3-7,11H,1-2H3,(H,15,16,17). The van der Waals surface area contributed by atoms with Crippen molar-refractivity contribution < 1.29 is 8.78 Å². The third-order valence-electron chi connectivity index (χ3n) is 2.34. The fraction of sp³-hybridized carbons (Fsp3) is 0.333. The maximum atomic E-state index is 12.5. The zero-order chi connectivity index (χ0) is 12.4. The molecule has 0 radical (unpaired) electrons. The van der Waals surface area contributed by atoms with Crippen LogP contribution in [0.15, 0.2) is 24.5 Å². The van der Waals surface area contributed by atoms with Gasteiger partial charge in [0.2, 0.25) is 0 Å². The number of hydrogen-bond donors (Lipinski definition) is 1. The fourth-order valence-corrected chi connectivity index (χ4v) is 1.60. The molecule has 0 spiro atoms. The summed E-state index contributed by atoms with van der Waals surface area (Å²) in [5.41, 5.74) is 0.507. The largest absolute Gasteiger partial charge is 0.367 e. The van der Waals surface area contributed by atoms with Crippen LogP contribution in [0.3, 0.4) is 0 Å². The van der Waals surface area contributed by atoms with Crippen LogP contribution in [0, 0.1) is 0 Å². The summed E-state index contributed by atoms with van der Waals surface area (Å²) in [7, 11) is 0. The van der Waals surface area contributed by atoms with E-state index in [1.165, 1.54) is 18.5 Å². The van der Waals surface area contributed by atoms with Crippen LogP contribution < -0.4 is 5.32 Å². The molecule has 0 aliphatic rings. The average Bonchev–Trinajstić information content (AvgIpc) is 2.28. The first-order chi connectivity index (χ1) is 8.08. The maximum absolute atomic E-state index is 12.5.